The summed E-state index contributed by atoms with van der Waals surface area (Å²) in [6.07, 6.45) is 9.32. The third-order valence-electron chi connectivity index (χ3n) is 6.85. The molecule has 5 rings (SSSR count). The van der Waals surface area contributed by atoms with Crippen LogP contribution in [0.2, 0.25) is 0 Å². The number of hydrogen-bond donors (Lipinski definition) is 0. The number of ether oxygens (including phenoxy) is 1. The van der Waals surface area contributed by atoms with Gasteiger partial charge in [-0.15, -0.1) is 0 Å². The van der Waals surface area contributed by atoms with Gasteiger partial charge >= 0.3 is 0 Å². The van der Waals surface area contributed by atoms with E-state index < -0.39 is 0 Å². The molecular weight excluding hydrogens is 414 g/mol. The highest BCUT2D eigenvalue weighted by atomic mass is 16.5. The largest absolute Gasteiger partial charge is 0.496 e. The summed E-state index contributed by atoms with van der Waals surface area (Å²) in [6, 6.07) is 10.1. The number of hydrogen-bond acceptors (Lipinski definition) is 5. The highest BCUT2D eigenvalue weighted by Gasteiger charge is 2.23. The van der Waals surface area contributed by atoms with E-state index in [-0.39, 0.29) is 5.56 Å². The second kappa shape index (κ2) is 8.85. The summed E-state index contributed by atoms with van der Waals surface area (Å²) in [4.78, 5) is 18.0. The Labute approximate surface area is 193 Å². The van der Waals surface area contributed by atoms with Gasteiger partial charge in [-0.05, 0) is 61.8 Å². The molecular formula is C27H29N3O3. The monoisotopic (exact) mass is 443 g/mol. The lowest BCUT2D eigenvalue weighted by Crippen LogP contribution is -2.27. The van der Waals surface area contributed by atoms with Crippen molar-refractivity contribution in [3.63, 3.8) is 0 Å². The minimum Gasteiger partial charge on any atom is -0.496 e. The maximum atomic E-state index is 13.8. The zero-order valence-electron chi connectivity index (χ0n) is 19.4. The lowest BCUT2D eigenvalue weighted by Gasteiger charge is -2.23. The molecule has 1 saturated carbocycles. The Bertz CT molecular complexity index is 1330. The van der Waals surface area contributed by atoms with Gasteiger partial charge in [0.25, 0.3) is 5.56 Å². The van der Waals surface area contributed by atoms with Crippen LogP contribution in [0, 0.1) is 13.8 Å². The number of rotatable bonds is 5. The fourth-order valence-corrected chi connectivity index (χ4v) is 5.20. The van der Waals surface area contributed by atoms with Gasteiger partial charge < -0.3 is 13.8 Å². The molecule has 1 aliphatic rings. The predicted octanol–water partition coefficient (Wildman–Crippen LogP) is 5.77. The smallest absolute Gasteiger partial charge is 0.254 e. The predicted molar refractivity (Wildman–Crippen MR) is 129 cm³/mol. The van der Waals surface area contributed by atoms with Gasteiger partial charge in [0.05, 0.1) is 30.4 Å². The van der Waals surface area contributed by atoms with Crippen LogP contribution in [-0.2, 0) is 6.54 Å². The topological polar surface area (TPSA) is 70.2 Å². The highest BCUT2D eigenvalue weighted by Crippen LogP contribution is 2.39. The number of aromatic nitrogens is 3. The number of aryl methyl sites for hydroxylation is 2. The van der Waals surface area contributed by atoms with Crippen molar-refractivity contribution in [3.05, 3.63) is 75.7 Å². The minimum atomic E-state index is 0.0883. The van der Waals surface area contributed by atoms with E-state index in [4.69, 9.17) is 9.26 Å². The van der Waals surface area contributed by atoms with Gasteiger partial charge in [-0.3, -0.25) is 9.78 Å². The Hall–Kier alpha value is -3.41. The molecule has 170 valence electrons. The maximum absolute atomic E-state index is 13.8. The van der Waals surface area contributed by atoms with Gasteiger partial charge in [0.1, 0.15) is 11.5 Å². The van der Waals surface area contributed by atoms with E-state index >= 15 is 0 Å². The second-order valence-electron chi connectivity index (χ2n) is 9.00. The van der Waals surface area contributed by atoms with E-state index in [1.54, 1.807) is 13.3 Å². The van der Waals surface area contributed by atoms with Crippen molar-refractivity contribution in [3.8, 4) is 16.9 Å². The Morgan fingerprint density at radius 1 is 1.15 bits per heavy atom. The molecule has 4 aromatic rings. The summed E-state index contributed by atoms with van der Waals surface area (Å²) in [5.41, 5.74) is 5.55. The molecule has 1 aliphatic carbocycles. The first-order chi connectivity index (χ1) is 16.1. The molecule has 0 unspecified atom stereocenters. The van der Waals surface area contributed by atoms with Crippen molar-refractivity contribution in [1.82, 2.24) is 14.7 Å². The van der Waals surface area contributed by atoms with Crippen molar-refractivity contribution < 1.29 is 9.26 Å². The van der Waals surface area contributed by atoms with E-state index in [0.717, 1.165) is 57.5 Å². The summed E-state index contributed by atoms with van der Waals surface area (Å²) in [6.45, 7) is 4.32. The fourth-order valence-electron chi connectivity index (χ4n) is 5.20. The molecule has 6 heteroatoms. The molecule has 6 nitrogen and oxygen atoms in total. The maximum Gasteiger partial charge on any atom is 0.254 e. The van der Waals surface area contributed by atoms with Crippen LogP contribution in [0.25, 0.3) is 22.0 Å². The molecule has 1 aromatic carbocycles. The normalized spacial score (nSPS) is 14.6. The van der Waals surface area contributed by atoms with Gasteiger partial charge in [0, 0.05) is 29.6 Å². The lowest BCUT2D eigenvalue weighted by atomic mass is 9.84. The van der Waals surface area contributed by atoms with Crippen LogP contribution in [0.4, 0.5) is 0 Å². The molecule has 0 bridgehead atoms. The average Bonchev–Trinajstić information content (AvgIpc) is 3.18. The molecule has 3 heterocycles. The summed E-state index contributed by atoms with van der Waals surface area (Å²) in [7, 11) is 1.66. The molecule has 0 spiro atoms. The second-order valence-corrected chi connectivity index (χ2v) is 9.00. The Morgan fingerprint density at radius 3 is 2.64 bits per heavy atom. The number of pyridine rings is 2. The molecule has 3 aromatic heterocycles. The molecule has 0 N–H and O–H groups in total. The number of methoxy groups -OCH3 is 1. The molecule has 0 radical (unpaired) electrons. The van der Waals surface area contributed by atoms with Crippen molar-refractivity contribution in [2.75, 3.05) is 7.11 Å². The van der Waals surface area contributed by atoms with E-state index in [1.807, 2.05) is 42.8 Å². The number of fused-ring (bicyclic) bond motifs is 1. The Morgan fingerprint density at radius 2 is 1.97 bits per heavy atom. The third kappa shape index (κ3) is 3.94. The molecule has 0 saturated heterocycles. The third-order valence-corrected chi connectivity index (χ3v) is 6.85. The van der Waals surface area contributed by atoms with E-state index in [2.05, 4.69) is 22.3 Å². The van der Waals surface area contributed by atoms with Crippen LogP contribution >= 0.6 is 0 Å². The zero-order chi connectivity index (χ0) is 22.9. The summed E-state index contributed by atoms with van der Waals surface area (Å²) in [5, 5.41) is 5.16. The van der Waals surface area contributed by atoms with Crippen molar-refractivity contribution in [2.24, 2.45) is 0 Å². The van der Waals surface area contributed by atoms with E-state index in [9.17, 15) is 4.79 Å². The highest BCUT2D eigenvalue weighted by molar-refractivity contribution is 5.90. The van der Waals surface area contributed by atoms with Crippen molar-refractivity contribution in [2.45, 2.75) is 58.4 Å². The van der Waals surface area contributed by atoms with Crippen LogP contribution in [0.3, 0.4) is 0 Å². The van der Waals surface area contributed by atoms with Crippen LogP contribution in [0.1, 0.15) is 60.6 Å². The SMILES string of the molecule is COc1cc2c(cc1-c1c(C)noc1C)cc(C1CCCCC1)c(=O)n2Cc1cccnc1. The molecule has 0 aliphatic heterocycles. The summed E-state index contributed by atoms with van der Waals surface area (Å²) < 4.78 is 13.1. The summed E-state index contributed by atoms with van der Waals surface area (Å²) in [5.74, 6) is 1.75. The number of nitrogens with zero attached hydrogens (tertiary/aromatic N) is 3. The first-order valence-corrected chi connectivity index (χ1v) is 11.6. The quantitative estimate of drug-likeness (QED) is 0.391. The molecule has 0 atom stereocenters. The van der Waals surface area contributed by atoms with Crippen LogP contribution in [0.15, 0.2) is 52.0 Å². The average molecular weight is 444 g/mol. The van der Waals surface area contributed by atoms with Crippen LogP contribution in [-0.4, -0.2) is 21.8 Å². The fraction of sp³-hybridized carbons (Fsp3) is 0.370. The van der Waals surface area contributed by atoms with Crippen molar-refractivity contribution >= 4 is 10.9 Å². The molecule has 1 fully saturated rings. The van der Waals surface area contributed by atoms with Crippen LogP contribution in [0.5, 0.6) is 5.75 Å². The first-order valence-electron chi connectivity index (χ1n) is 11.6. The Kier molecular flexibility index (Phi) is 5.75. The molecule has 33 heavy (non-hydrogen) atoms. The van der Waals surface area contributed by atoms with E-state index in [1.165, 1.54) is 19.3 Å². The van der Waals surface area contributed by atoms with Gasteiger partial charge in [-0.25, -0.2) is 0 Å². The standard InChI is InChI=1S/C27H29N3O3/c1-17-26(18(2)33-29-17)23-13-21-12-22(20-9-5-4-6-10-20)27(31)30(24(21)14-25(23)32-3)16-19-8-7-11-28-15-19/h7-8,11-15,20H,4-6,9-10,16H2,1-3H3. The van der Waals surface area contributed by atoms with Gasteiger partial charge in [-0.1, -0.05) is 30.5 Å². The van der Waals surface area contributed by atoms with Crippen LogP contribution < -0.4 is 10.3 Å². The van der Waals surface area contributed by atoms with Gasteiger partial charge in [-0.2, -0.15) is 0 Å². The lowest BCUT2D eigenvalue weighted by molar-refractivity contribution is 0.393. The van der Waals surface area contributed by atoms with E-state index in [0.29, 0.717) is 18.2 Å². The van der Waals surface area contributed by atoms with Crippen molar-refractivity contribution in [1.29, 1.82) is 0 Å². The number of benzene rings is 1. The minimum absolute atomic E-state index is 0.0883. The Balaban J connectivity index is 1.77. The first kappa shape index (κ1) is 21.4. The van der Waals surface area contributed by atoms with Gasteiger partial charge in [0.15, 0.2) is 0 Å². The zero-order valence-corrected chi connectivity index (χ0v) is 19.4. The van der Waals surface area contributed by atoms with Gasteiger partial charge in [0.2, 0.25) is 0 Å². The summed E-state index contributed by atoms with van der Waals surface area (Å²) >= 11 is 0. The molecule has 0 amide bonds.